The Morgan fingerprint density at radius 2 is 2.20 bits per heavy atom. The lowest BCUT2D eigenvalue weighted by Crippen LogP contribution is -2.20. The third kappa shape index (κ3) is 5.14. The van der Waals surface area contributed by atoms with E-state index < -0.39 is 0 Å². The van der Waals surface area contributed by atoms with E-state index in [2.05, 4.69) is 4.90 Å². The van der Waals surface area contributed by atoms with Gasteiger partial charge in [0.2, 0.25) is 0 Å². The van der Waals surface area contributed by atoms with E-state index in [0.29, 0.717) is 0 Å². The fraction of sp³-hybridized carbons (Fsp3) is 0.500. The number of rotatable bonds is 5. The molecule has 3 heteroatoms. The molecule has 0 spiro atoms. The first-order valence-corrected chi connectivity index (χ1v) is 5.58. The first-order chi connectivity index (χ1) is 7.08. The van der Waals surface area contributed by atoms with Crippen LogP contribution < -0.4 is 0 Å². The molecule has 0 aromatic heterocycles. The van der Waals surface area contributed by atoms with Crippen molar-refractivity contribution < 1.29 is 4.39 Å². The monoisotopic (exact) mass is 229 g/mol. The van der Waals surface area contributed by atoms with Crippen LogP contribution in [-0.2, 0) is 6.54 Å². The van der Waals surface area contributed by atoms with Crippen molar-refractivity contribution in [3.8, 4) is 0 Å². The second-order valence-corrected chi connectivity index (χ2v) is 4.68. The summed E-state index contributed by atoms with van der Waals surface area (Å²) in [7, 11) is 2.02. The van der Waals surface area contributed by atoms with Crippen molar-refractivity contribution in [1.29, 1.82) is 0 Å². The molecule has 0 amide bonds. The highest BCUT2D eigenvalue weighted by molar-refractivity contribution is 6.20. The topological polar surface area (TPSA) is 3.24 Å². The molecule has 0 N–H and O–H groups in total. The van der Waals surface area contributed by atoms with E-state index in [-0.39, 0.29) is 11.2 Å². The molecule has 0 fully saturated rings. The molecular formula is C12H17ClFN. The zero-order valence-electron chi connectivity index (χ0n) is 9.21. The largest absolute Gasteiger partial charge is 0.302 e. The van der Waals surface area contributed by atoms with Crippen molar-refractivity contribution >= 4 is 11.6 Å². The smallest absolute Gasteiger partial charge is 0.123 e. The summed E-state index contributed by atoms with van der Waals surface area (Å²) in [6, 6.07) is 6.71. The third-order valence-corrected chi connectivity index (χ3v) is 2.47. The van der Waals surface area contributed by atoms with Gasteiger partial charge in [0.1, 0.15) is 5.82 Å². The number of hydrogen-bond acceptors (Lipinski definition) is 1. The van der Waals surface area contributed by atoms with Crippen LogP contribution >= 0.6 is 11.6 Å². The quantitative estimate of drug-likeness (QED) is 0.701. The van der Waals surface area contributed by atoms with Crippen LogP contribution in [0.25, 0.3) is 0 Å². The van der Waals surface area contributed by atoms with Crippen LogP contribution in [0, 0.1) is 5.82 Å². The van der Waals surface area contributed by atoms with Gasteiger partial charge in [-0.2, -0.15) is 0 Å². The Hall–Kier alpha value is -0.600. The highest BCUT2D eigenvalue weighted by atomic mass is 35.5. The van der Waals surface area contributed by atoms with Crippen molar-refractivity contribution in [3.05, 3.63) is 35.6 Å². The van der Waals surface area contributed by atoms with Crippen molar-refractivity contribution in [3.63, 3.8) is 0 Å². The minimum atomic E-state index is -0.174. The van der Waals surface area contributed by atoms with Crippen LogP contribution in [0.1, 0.15) is 18.9 Å². The number of nitrogens with zero attached hydrogens (tertiary/aromatic N) is 1. The van der Waals surface area contributed by atoms with Gasteiger partial charge in [-0.25, -0.2) is 4.39 Å². The van der Waals surface area contributed by atoms with E-state index in [9.17, 15) is 4.39 Å². The average molecular weight is 230 g/mol. The van der Waals surface area contributed by atoms with E-state index in [1.807, 2.05) is 20.0 Å². The molecule has 1 unspecified atom stereocenters. The van der Waals surface area contributed by atoms with Gasteiger partial charge in [-0.05, 0) is 44.6 Å². The molecule has 0 bridgehead atoms. The average Bonchev–Trinajstić information content (AvgIpc) is 2.15. The minimum absolute atomic E-state index is 0.174. The third-order valence-electron chi connectivity index (χ3n) is 2.25. The number of halogens is 2. The summed E-state index contributed by atoms with van der Waals surface area (Å²) < 4.78 is 12.9. The SMILES string of the molecule is CC(Cl)CCN(C)Cc1cccc(F)c1. The molecule has 1 nitrogen and oxygen atoms in total. The molecule has 0 aliphatic carbocycles. The molecule has 0 radical (unpaired) electrons. The van der Waals surface area contributed by atoms with Crippen LogP contribution in [0.5, 0.6) is 0 Å². The molecule has 0 aliphatic rings. The maximum atomic E-state index is 12.9. The number of hydrogen-bond donors (Lipinski definition) is 0. The summed E-state index contributed by atoms with van der Waals surface area (Å²) in [5.41, 5.74) is 1.000. The molecule has 1 atom stereocenters. The maximum Gasteiger partial charge on any atom is 0.123 e. The van der Waals surface area contributed by atoms with Gasteiger partial charge in [0.15, 0.2) is 0 Å². The summed E-state index contributed by atoms with van der Waals surface area (Å²) in [6.07, 6.45) is 0.952. The molecule has 0 saturated heterocycles. The van der Waals surface area contributed by atoms with Gasteiger partial charge in [0, 0.05) is 11.9 Å². The molecule has 15 heavy (non-hydrogen) atoms. The van der Waals surface area contributed by atoms with Gasteiger partial charge < -0.3 is 4.90 Å². The Morgan fingerprint density at radius 3 is 2.80 bits per heavy atom. The molecule has 1 rings (SSSR count). The van der Waals surface area contributed by atoms with Crippen LogP contribution in [0.15, 0.2) is 24.3 Å². The number of benzene rings is 1. The molecule has 0 aliphatic heterocycles. The van der Waals surface area contributed by atoms with E-state index in [1.54, 1.807) is 12.1 Å². The molecule has 0 saturated carbocycles. The summed E-state index contributed by atoms with van der Waals surface area (Å²) in [5, 5.41) is 0.194. The molecule has 84 valence electrons. The second-order valence-electron chi connectivity index (χ2n) is 3.94. The minimum Gasteiger partial charge on any atom is -0.302 e. The Morgan fingerprint density at radius 1 is 1.47 bits per heavy atom. The van der Waals surface area contributed by atoms with E-state index >= 15 is 0 Å². The van der Waals surface area contributed by atoms with Crippen LogP contribution in [0.4, 0.5) is 4.39 Å². The summed E-state index contributed by atoms with van der Waals surface area (Å²) in [6.45, 7) is 3.68. The fourth-order valence-electron chi connectivity index (χ4n) is 1.42. The standard InChI is InChI=1S/C12H17ClFN/c1-10(13)6-7-15(2)9-11-4-3-5-12(14)8-11/h3-5,8,10H,6-7,9H2,1-2H3. The maximum absolute atomic E-state index is 12.9. The predicted molar refractivity (Wildman–Crippen MR) is 62.7 cm³/mol. The second kappa shape index (κ2) is 6.09. The summed E-state index contributed by atoms with van der Waals surface area (Å²) in [4.78, 5) is 2.15. The fourth-order valence-corrected chi connectivity index (χ4v) is 1.52. The molecule has 0 heterocycles. The normalized spacial score (nSPS) is 13.1. The van der Waals surface area contributed by atoms with E-state index in [4.69, 9.17) is 11.6 Å². The first kappa shape index (κ1) is 12.5. The Balaban J connectivity index is 2.40. The lowest BCUT2D eigenvalue weighted by atomic mass is 10.2. The molecular weight excluding hydrogens is 213 g/mol. The lowest BCUT2D eigenvalue weighted by Gasteiger charge is -2.17. The Kier molecular flexibility index (Phi) is 5.06. The van der Waals surface area contributed by atoms with Crippen molar-refractivity contribution in [2.75, 3.05) is 13.6 Å². The summed E-state index contributed by atoms with van der Waals surface area (Å²) in [5.74, 6) is -0.174. The van der Waals surface area contributed by atoms with Gasteiger partial charge in [-0.3, -0.25) is 0 Å². The first-order valence-electron chi connectivity index (χ1n) is 5.15. The van der Waals surface area contributed by atoms with Crippen molar-refractivity contribution in [1.82, 2.24) is 4.90 Å². The van der Waals surface area contributed by atoms with Crippen molar-refractivity contribution in [2.45, 2.75) is 25.3 Å². The number of alkyl halides is 1. The van der Waals surface area contributed by atoms with Crippen molar-refractivity contribution in [2.24, 2.45) is 0 Å². The van der Waals surface area contributed by atoms with E-state index in [0.717, 1.165) is 25.1 Å². The van der Waals surface area contributed by atoms with Gasteiger partial charge >= 0.3 is 0 Å². The zero-order chi connectivity index (χ0) is 11.3. The van der Waals surface area contributed by atoms with Gasteiger partial charge in [-0.15, -0.1) is 11.6 Å². The van der Waals surface area contributed by atoms with E-state index in [1.165, 1.54) is 6.07 Å². The predicted octanol–water partition coefficient (Wildman–Crippen LogP) is 3.27. The van der Waals surface area contributed by atoms with Crippen LogP contribution in [0.3, 0.4) is 0 Å². The Labute approximate surface area is 95.8 Å². The van der Waals surface area contributed by atoms with Gasteiger partial charge in [-0.1, -0.05) is 12.1 Å². The van der Waals surface area contributed by atoms with Gasteiger partial charge in [0.25, 0.3) is 0 Å². The summed E-state index contributed by atoms with van der Waals surface area (Å²) >= 11 is 5.86. The van der Waals surface area contributed by atoms with Gasteiger partial charge in [0.05, 0.1) is 0 Å². The highest BCUT2D eigenvalue weighted by Crippen LogP contribution is 2.08. The lowest BCUT2D eigenvalue weighted by molar-refractivity contribution is 0.321. The van der Waals surface area contributed by atoms with Crippen LogP contribution in [-0.4, -0.2) is 23.9 Å². The Bertz CT molecular complexity index is 301. The van der Waals surface area contributed by atoms with Crippen LogP contribution in [0.2, 0.25) is 0 Å². The molecule has 1 aromatic carbocycles. The zero-order valence-corrected chi connectivity index (χ0v) is 9.97. The highest BCUT2D eigenvalue weighted by Gasteiger charge is 2.03. The molecule has 1 aromatic rings.